The predicted octanol–water partition coefficient (Wildman–Crippen LogP) is 2.62. The predicted molar refractivity (Wildman–Crippen MR) is 138 cm³/mol. The summed E-state index contributed by atoms with van der Waals surface area (Å²) in [4.78, 5) is 45.1. The fourth-order valence-corrected chi connectivity index (χ4v) is 4.03. The topological polar surface area (TPSA) is 184 Å². The lowest BCUT2D eigenvalue weighted by molar-refractivity contribution is -0.138. The molecule has 0 fully saturated rings. The molecule has 0 aliphatic carbocycles. The van der Waals surface area contributed by atoms with Gasteiger partial charge in [0.05, 0.1) is 12.2 Å². The number of Topliss-reactive ketones (excluding diaryl/α,β-unsaturated/α-hetero) is 1. The van der Waals surface area contributed by atoms with Crippen LogP contribution < -0.4 is 5.73 Å². The molecule has 0 spiro atoms. The third-order valence-corrected chi connectivity index (χ3v) is 6.21. The Balaban J connectivity index is 4.92. The van der Waals surface area contributed by atoms with Gasteiger partial charge in [-0.05, 0) is 44.1 Å². The Labute approximate surface area is 218 Å². The molecule has 0 unspecified atom stereocenters. The van der Waals surface area contributed by atoms with Crippen LogP contribution in [-0.2, 0) is 23.9 Å². The number of carboxylic acid groups (broad SMARTS) is 2. The Morgan fingerprint density at radius 2 is 1.62 bits per heavy atom. The number of hydrogen-bond donors (Lipinski definition) is 5. The highest BCUT2D eigenvalue weighted by Crippen LogP contribution is 2.23. The first-order valence-electron chi connectivity index (χ1n) is 12.5. The van der Waals surface area contributed by atoms with Crippen molar-refractivity contribution in [2.75, 3.05) is 7.11 Å². The summed E-state index contributed by atoms with van der Waals surface area (Å²) >= 11 is 0. The molecule has 0 aliphatic rings. The largest absolute Gasteiger partial charge is 0.481 e. The highest BCUT2D eigenvalue weighted by molar-refractivity contribution is 5.82. The Morgan fingerprint density at radius 3 is 2.16 bits per heavy atom. The highest BCUT2D eigenvalue weighted by Gasteiger charge is 2.29. The summed E-state index contributed by atoms with van der Waals surface area (Å²) in [6, 6.07) is 0. The molecule has 1 amide bonds. The van der Waals surface area contributed by atoms with E-state index >= 15 is 0 Å². The van der Waals surface area contributed by atoms with Crippen molar-refractivity contribution >= 4 is 23.6 Å². The van der Waals surface area contributed by atoms with Crippen molar-refractivity contribution < 1.29 is 44.3 Å². The lowest BCUT2D eigenvalue weighted by Crippen LogP contribution is -2.39. The summed E-state index contributed by atoms with van der Waals surface area (Å²) in [7, 11) is 1.44. The van der Waals surface area contributed by atoms with Gasteiger partial charge in [0.2, 0.25) is 5.91 Å². The smallest absolute Gasteiger partial charge is 0.327 e. The zero-order valence-electron chi connectivity index (χ0n) is 22.2. The van der Waals surface area contributed by atoms with Crippen LogP contribution in [0.3, 0.4) is 0 Å². The number of amides is 1. The van der Waals surface area contributed by atoms with E-state index in [1.54, 1.807) is 39.0 Å². The van der Waals surface area contributed by atoms with Gasteiger partial charge in [0.1, 0.15) is 11.9 Å². The normalized spacial score (nSPS) is 17.3. The molecule has 0 saturated carbocycles. The van der Waals surface area contributed by atoms with E-state index in [2.05, 4.69) is 0 Å². The van der Waals surface area contributed by atoms with Crippen LogP contribution >= 0.6 is 0 Å². The van der Waals surface area contributed by atoms with Crippen molar-refractivity contribution in [3.63, 3.8) is 0 Å². The molecule has 37 heavy (non-hydrogen) atoms. The zero-order valence-corrected chi connectivity index (χ0v) is 22.2. The number of aliphatic hydroxyl groups excluding tert-OH is 2. The molecule has 10 heteroatoms. The van der Waals surface area contributed by atoms with Crippen LogP contribution in [-0.4, -0.2) is 69.5 Å². The number of aliphatic carboxylic acids is 2. The third-order valence-electron chi connectivity index (χ3n) is 6.21. The number of carboxylic acids is 2. The number of unbranched alkanes of at least 4 members (excludes halogenated alkanes) is 1. The fraction of sp³-hybridized carbons (Fsp3) is 0.630. The van der Waals surface area contributed by atoms with Gasteiger partial charge in [-0.2, -0.15) is 0 Å². The Kier molecular flexibility index (Phi) is 17.0. The van der Waals surface area contributed by atoms with Crippen LogP contribution in [0.25, 0.3) is 0 Å². The Morgan fingerprint density at radius 1 is 1.00 bits per heavy atom. The van der Waals surface area contributed by atoms with Crippen LogP contribution in [0.1, 0.15) is 65.7 Å². The first-order valence-corrected chi connectivity index (χ1v) is 12.5. The quantitative estimate of drug-likeness (QED) is 0.0905. The summed E-state index contributed by atoms with van der Waals surface area (Å²) in [5.41, 5.74) is 5.71. The number of nitrogens with two attached hydrogens (primary N) is 1. The van der Waals surface area contributed by atoms with Crippen molar-refractivity contribution in [3.8, 4) is 0 Å². The Bertz CT molecular complexity index is 818. The van der Waals surface area contributed by atoms with Crippen molar-refractivity contribution in [1.82, 2.24) is 0 Å². The van der Waals surface area contributed by atoms with Crippen molar-refractivity contribution in [3.05, 3.63) is 36.0 Å². The van der Waals surface area contributed by atoms with Gasteiger partial charge in [-0.1, -0.05) is 38.2 Å². The number of aliphatic hydroxyl groups is 2. The molecule has 10 nitrogen and oxygen atoms in total. The second-order valence-electron chi connectivity index (χ2n) is 9.43. The fourth-order valence-electron chi connectivity index (χ4n) is 4.03. The molecule has 210 valence electrons. The van der Waals surface area contributed by atoms with Crippen LogP contribution in [0, 0.1) is 17.8 Å². The van der Waals surface area contributed by atoms with Gasteiger partial charge in [-0.15, -0.1) is 0 Å². The van der Waals surface area contributed by atoms with Crippen LogP contribution in [0.4, 0.5) is 0 Å². The standard InChI is InChI=1S/C27H43NO9/c1-17(21(29)11-9-10-20(15-23(28)30)16-25(33)34)14-18(2)26(35)19(3)27(36)22(37-4)12-7-5-6-8-13-24(31)32/h7-8,12-14,17,19-20,22,26-27,35-36H,5-6,9-11,15-16H2,1-4H3,(H2,28,30)(H,31,32)(H,33,34)/b12-7+,13-8+,18-14+/t17-,19+,20-,22+,26+,27+/m0/s1. The number of ether oxygens (including phenoxy) is 1. The van der Waals surface area contributed by atoms with Gasteiger partial charge in [-0.25, -0.2) is 4.79 Å². The van der Waals surface area contributed by atoms with Gasteiger partial charge >= 0.3 is 11.9 Å². The maximum absolute atomic E-state index is 12.6. The maximum atomic E-state index is 12.6. The molecule has 6 N–H and O–H groups in total. The average Bonchev–Trinajstić information content (AvgIpc) is 2.80. The highest BCUT2D eigenvalue weighted by atomic mass is 16.5. The van der Waals surface area contributed by atoms with E-state index in [1.165, 1.54) is 13.2 Å². The van der Waals surface area contributed by atoms with Gasteiger partial charge < -0.3 is 30.9 Å². The number of ketones is 1. The van der Waals surface area contributed by atoms with Crippen LogP contribution in [0.5, 0.6) is 0 Å². The lowest BCUT2D eigenvalue weighted by Gasteiger charge is -2.29. The van der Waals surface area contributed by atoms with Gasteiger partial charge in [0.15, 0.2) is 0 Å². The number of methoxy groups -OCH3 is 1. The molecule has 6 atom stereocenters. The van der Waals surface area contributed by atoms with Gasteiger partial charge in [0, 0.05) is 44.3 Å². The first-order chi connectivity index (χ1) is 17.3. The number of rotatable bonds is 20. The van der Waals surface area contributed by atoms with E-state index in [4.69, 9.17) is 20.7 Å². The molecule has 0 aromatic rings. The number of carbonyl (C=O) groups excluding carboxylic acids is 2. The summed E-state index contributed by atoms with van der Waals surface area (Å²) < 4.78 is 5.34. The number of primary amides is 1. The van der Waals surface area contributed by atoms with E-state index in [0.717, 1.165) is 6.08 Å². The van der Waals surface area contributed by atoms with E-state index < -0.39 is 53.9 Å². The van der Waals surface area contributed by atoms with Crippen LogP contribution in [0.2, 0.25) is 0 Å². The van der Waals surface area contributed by atoms with Crippen molar-refractivity contribution in [1.29, 1.82) is 0 Å². The van der Waals surface area contributed by atoms with Crippen LogP contribution in [0.15, 0.2) is 36.0 Å². The maximum Gasteiger partial charge on any atom is 0.327 e. The molecule has 0 rings (SSSR count). The molecule has 0 saturated heterocycles. The van der Waals surface area contributed by atoms with Gasteiger partial charge in [-0.3, -0.25) is 14.4 Å². The second kappa shape index (κ2) is 18.4. The SMILES string of the molecule is CO[C@H](/C=C/CC/C=C/C(=O)O)[C@H](O)[C@H](C)[C@H](O)/C(C)=C/[C@H](C)C(=O)CCC[C@@H](CC(N)=O)CC(=O)O. The molecular weight excluding hydrogens is 482 g/mol. The monoisotopic (exact) mass is 525 g/mol. The van der Waals surface area contributed by atoms with E-state index in [9.17, 15) is 29.4 Å². The Hall–Kier alpha value is -2.82. The second-order valence-corrected chi connectivity index (χ2v) is 9.43. The van der Waals surface area contributed by atoms with Crippen molar-refractivity contribution in [2.45, 2.75) is 84.0 Å². The minimum Gasteiger partial charge on any atom is -0.481 e. The number of allylic oxidation sites excluding steroid dienone is 3. The molecule has 0 aromatic heterocycles. The molecule has 0 aliphatic heterocycles. The molecule has 0 bridgehead atoms. The average molecular weight is 526 g/mol. The lowest BCUT2D eigenvalue weighted by atomic mass is 9.87. The summed E-state index contributed by atoms with van der Waals surface area (Å²) in [5.74, 6) is -4.20. The summed E-state index contributed by atoms with van der Waals surface area (Å²) in [6.07, 6.45) is 6.83. The summed E-state index contributed by atoms with van der Waals surface area (Å²) in [6.45, 7) is 5.06. The molecule has 0 radical (unpaired) electrons. The van der Waals surface area contributed by atoms with Crippen molar-refractivity contribution in [2.24, 2.45) is 23.5 Å². The molecule has 0 aromatic carbocycles. The molecule has 0 heterocycles. The minimum absolute atomic E-state index is 0.0408. The third kappa shape index (κ3) is 15.1. The first kappa shape index (κ1) is 34.2. The zero-order chi connectivity index (χ0) is 28.5. The van der Waals surface area contributed by atoms with E-state index in [-0.39, 0.29) is 25.0 Å². The minimum atomic E-state index is -1.03. The van der Waals surface area contributed by atoms with Gasteiger partial charge in [0.25, 0.3) is 0 Å². The molecular formula is C27H43NO9. The number of hydrogen-bond acceptors (Lipinski definition) is 7. The van der Waals surface area contributed by atoms with E-state index in [1.807, 2.05) is 0 Å². The number of carbonyl (C=O) groups is 4. The van der Waals surface area contributed by atoms with E-state index in [0.29, 0.717) is 31.3 Å². The summed E-state index contributed by atoms with van der Waals surface area (Å²) in [5, 5.41) is 39.0.